The molecule has 0 saturated carbocycles. The molecule has 1 aliphatic rings. The van der Waals surface area contributed by atoms with Gasteiger partial charge < -0.3 is 4.74 Å². The lowest BCUT2D eigenvalue weighted by molar-refractivity contribution is -0.138. The summed E-state index contributed by atoms with van der Waals surface area (Å²) in [7, 11) is 0. The zero-order chi connectivity index (χ0) is 9.84. The summed E-state index contributed by atoms with van der Waals surface area (Å²) in [5.74, 6) is 1.00. The second-order valence-corrected chi connectivity index (χ2v) is 3.93. The molecular formula is C11H18O2. The second-order valence-electron chi connectivity index (χ2n) is 3.93. The van der Waals surface area contributed by atoms with Gasteiger partial charge in [0.15, 0.2) is 0 Å². The van der Waals surface area contributed by atoms with Gasteiger partial charge in [-0.1, -0.05) is 19.9 Å². The van der Waals surface area contributed by atoms with Crippen molar-refractivity contribution >= 4 is 5.97 Å². The van der Waals surface area contributed by atoms with E-state index in [4.69, 9.17) is 4.74 Å². The molecule has 0 bridgehead atoms. The summed E-state index contributed by atoms with van der Waals surface area (Å²) in [5, 5.41) is 0. The molecular weight excluding hydrogens is 164 g/mol. The number of carbonyl (C=O) groups is 1. The topological polar surface area (TPSA) is 26.3 Å². The average molecular weight is 182 g/mol. The maximum atomic E-state index is 11.4. The minimum atomic E-state index is -0.124. The molecule has 74 valence electrons. The summed E-state index contributed by atoms with van der Waals surface area (Å²) in [6.07, 6.45) is 4.12. The smallest absolute Gasteiger partial charge is 0.333 e. The van der Waals surface area contributed by atoms with E-state index in [1.54, 1.807) is 0 Å². The van der Waals surface area contributed by atoms with Crippen LogP contribution in [0.2, 0.25) is 0 Å². The molecule has 0 spiro atoms. The summed E-state index contributed by atoms with van der Waals surface area (Å²) >= 11 is 0. The maximum absolute atomic E-state index is 11.4. The third-order valence-electron chi connectivity index (χ3n) is 2.37. The summed E-state index contributed by atoms with van der Waals surface area (Å²) in [6.45, 7) is 6.64. The third kappa shape index (κ3) is 2.87. The van der Waals surface area contributed by atoms with E-state index in [1.807, 2.05) is 6.92 Å². The van der Waals surface area contributed by atoms with Gasteiger partial charge >= 0.3 is 5.97 Å². The van der Waals surface area contributed by atoms with Crippen molar-refractivity contribution in [2.45, 2.75) is 33.6 Å². The van der Waals surface area contributed by atoms with Crippen molar-refractivity contribution in [2.24, 2.45) is 11.8 Å². The largest absolute Gasteiger partial charge is 0.463 e. The zero-order valence-electron chi connectivity index (χ0n) is 8.67. The Bertz CT molecular complexity index is 218. The Morgan fingerprint density at radius 2 is 2.31 bits per heavy atom. The Hall–Kier alpha value is -0.790. The van der Waals surface area contributed by atoms with E-state index < -0.39 is 0 Å². The molecule has 2 heteroatoms. The van der Waals surface area contributed by atoms with Crippen LogP contribution in [0.5, 0.6) is 0 Å². The van der Waals surface area contributed by atoms with Gasteiger partial charge in [-0.25, -0.2) is 4.79 Å². The van der Waals surface area contributed by atoms with Crippen molar-refractivity contribution in [1.29, 1.82) is 0 Å². The van der Waals surface area contributed by atoms with Crippen LogP contribution in [0.3, 0.4) is 0 Å². The molecule has 13 heavy (non-hydrogen) atoms. The number of allylic oxidation sites excluding steroid dienone is 1. The Kier molecular flexibility index (Phi) is 3.52. The van der Waals surface area contributed by atoms with E-state index in [1.165, 1.54) is 6.42 Å². The number of rotatable bonds is 2. The first kappa shape index (κ1) is 10.3. The fraction of sp³-hybridized carbons (Fsp3) is 0.727. The highest BCUT2D eigenvalue weighted by atomic mass is 16.5. The average Bonchev–Trinajstić information content (AvgIpc) is 2.03. The molecule has 0 fully saturated rings. The summed E-state index contributed by atoms with van der Waals surface area (Å²) in [6, 6.07) is 0. The molecule has 0 aromatic heterocycles. The van der Waals surface area contributed by atoms with Gasteiger partial charge in [-0.15, -0.1) is 0 Å². The van der Waals surface area contributed by atoms with E-state index in [-0.39, 0.29) is 5.97 Å². The van der Waals surface area contributed by atoms with Crippen LogP contribution in [0.15, 0.2) is 11.6 Å². The third-order valence-corrected chi connectivity index (χ3v) is 2.37. The van der Waals surface area contributed by atoms with Gasteiger partial charge in [0, 0.05) is 5.57 Å². The highest BCUT2D eigenvalue weighted by Crippen LogP contribution is 2.28. The van der Waals surface area contributed by atoms with Crippen LogP contribution < -0.4 is 0 Å². The molecule has 0 heterocycles. The van der Waals surface area contributed by atoms with Crippen LogP contribution in [0, 0.1) is 11.8 Å². The molecule has 0 aliphatic heterocycles. The fourth-order valence-electron chi connectivity index (χ4n) is 1.95. The van der Waals surface area contributed by atoms with Crippen molar-refractivity contribution in [1.82, 2.24) is 0 Å². The molecule has 0 aromatic carbocycles. The van der Waals surface area contributed by atoms with Gasteiger partial charge in [-0.05, 0) is 31.6 Å². The van der Waals surface area contributed by atoms with E-state index >= 15 is 0 Å². The molecule has 0 N–H and O–H groups in total. The number of ether oxygens (including phenoxy) is 1. The van der Waals surface area contributed by atoms with E-state index in [0.29, 0.717) is 18.4 Å². The van der Waals surface area contributed by atoms with Gasteiger partial charge in [-0.2, -0.15) is 0 Å². The summed E-state index contributed by atoms with van der Waals surface area (Å²) in [4.78, 5) is 11.4. The predicted octanol–water partition coefficient (Wildman–Crippen LogP) is 2.54. The van der Waals surface area contributed by atoms with E-state index in [9.17, 15) is 4.79 Å². The highest BCUT2D eigenvalue weighted by molar-refractivity contribution is 5.88. The van der Waals surface area contributed by atoms with Gasteiger partial charge in [0.25, 0.3) is 0 Å². The molecule has 1 rings (SSSR count). The van der Waals surface area contributed by atoms with Crippen molar-refractivity contribution in [3.63, 3.8) is 0 Å². The molecule has 0 radical (unpaired) electrons. The number of carbonyl (C=O) groups excluding carboxylic acids is 1. The Labute approximate surface area is 80.0 Å². The van der Waals surface area contributed by atoms with Crippen molar-refractivity contribution in [3.05, 3.63) is 11.6 Å². The normalized spacial score (nSPS) is 28.1. The van der Waals surface area contributed by atoms with Crippen LogP contribution in [0.4, 0.5) is 0 Å². The minimum Gasteiger partial charge on any atom is -0.463 e. The van der Waals surface area contributed by atoms with Crippen LogP contribution >= 0.6 is 0 Å². The molecule has 0 amide bonds. The first-order valence-corrected chi connectivity index (χ1v) is 5.01. The molecule has 0 aromatic rings. The Morgan fingerprint density at radius 3 is 2.85 bits per heavy atom. The molecule has 2 atom stereocenters. The number of esters is 1. The Balaban J connectivity index is 2.62. The lowest BCUT2D eigenvalue weighted by Crippen LogP contribution is -2.17. The van der Waals surface area contributed by atoms with Crippen LogP contribution in [-0.4, -0.2) is 12.6 Å². The monoisotopic (exact) mass is 182 g/mol. The molecule has 0 unspecified atom stereocenters. The molecule has 1 aliphatic carbocycles. The van der Waals surface area contributed by atoms with E-state index in [0.717, 1.165) is 12.0 Å². The van der Waals surface area contributed by atoms with Gasteiger partial charge in [0.2, 0.25) is 0 Å². The first-order chi connectivity index (χ1) is 6.13. The predicted molar refractivity (Wildman–Crippen MR) is 52.3 cm³/mol. The van der Waals surface area contributed by atoms with Crippen molar-refractivity contribution in [3.8, 4) is 0 Å². The van der Waals surface area contributed by atoms with Crippen LogP contribution in [0.1, 0.15) is 33.6 Å². The van der Waals surface area contributed by atoms with Gasteiger partial charge in [0.05, 0.1) is 6.61 Å². The Morgan fingerprint density at radius 1 is 1.62 bits per heavy atom. The van der Waals surface area contributed by atoms with Crippen LogP contribution in [0.25, 0.3) is 0 Å². The molecule has 0 saturated heterocycles. The van der Waals surface area contributed by atoms with Gasteiger partial charge in [-0.3, -0.25) is 0 Å². The fourth-order valence-corrected chi connectivity index (χ4v) is 1.95. The number of hydrogen-bond donors (Lipinski definition) is 0. The summed E-state index contributed by atoms with van der Waals surface area (Å²) in [5.41, 5.74) is 0.869. The van der Waals surface area contributed by atoms with Crippen molar-refractivity contribution < 1.29 is 9.53 Å². The van der Waals surface area contributed by atoms with Crippen molar-refractivity contribution in [2.75, 3.05) is 6.61 Å². The molecule has 2 nitrogen and oxygen atoms in total. The van der Waals surface area contributed by atoms with Gasteiger partial charge in [0.1, 0.15) is 0 Å². The first-order valence-electron chi connectivity index (χ1n) is 5.01. The van der Waals surface area contributed by atoms with Crippen LogP contribution in [-0.2, 0) is 9.53 Å². The minimum absolute atomic E-state index is 0.124. The lowest BCUT2D eigenvalue weighted by Gasteiger charge is -2.22. The SMILES string of the molecule is CCOC(=O)C1=C[C@@H](C)C[C@H](C)C1. The summed E-state index contributed by atoms with van der Waals surface area (Å²) < 4.78 is 4.97. The highest BCUT2D eigenvalue weighted by Gasteiger charge is 2.21. The lowest BCUT2D eigenvalue weighted by atomic mass is 9.84. The number of hydrogen-bond acceptors (Lipinski definition) is 2. The zero-order valence-corrected chi connectivity index (χ0v) is 8.67. The van der Waals surface area contributed by atoms with E-state index in [2.05, 4.69) is 19.9 Å². The maximum Gasteiger partial charge on any atom is 0.333 e. The second kappa shape index (κ2) is 4.45. The quantitative estimate of drug-likeness (QED) is 0.613. The standard InChI is InChI=1S/C11H18O2/c1-4-13-11(12)10-6-8(2)5-9(3)7-10/h6,8-9H,4-5,7H2,1-3H3/t8-,9-/m0/s1.